The molecule has 7 heteroatoms. The minimum Gasteiger partial charge on any atom is -1.00 e. The van der Waals surface area contributed by atoms with Gasteiger partial charge in [0.2, 0.25) is 0 Å². The Morgan fingerprint density at radius 1 is 0.778 bits per heavy atom. The number of anilines is 1. The Hall–Kier alpha value is -1.30. The molecule has 1 aromatic carbocycles. The first-order chi connectivity index (χ1) is 16.0. The van der Waals surface area contributed by atoms with Crippen LogP contribution >= 0.6 is 12.4 Å². The smallest absolute Gasteiger partial charge is 0.169 e. The summed E-state index contributed by atoms with van der Waals surface area (Å²) < 4.78 is 3.34. The molecule has 0 bridgehead atoms. The van der Waals surface area contributed by atoms with Crippen LogP contribution in [0.4, 0.5) is 5.69 Å². The van der Waals surface area contributed by atoms with Crippen molar-refractivity contribution >= 4 is 30.2 Å². The summed E-state index contributed by atoms with van der Waals surface area (Å²) in [5.74, 6) is 0. The van der Waals surface area contributed by atoms with E-state index in [1.54, 1.807) is 0 Å². The lowest BCUT2D eigenvalue weighted by atomic mass is 10.1. The minimum atomic E-state index is 0. The third kappa shape index (κ3) is 14.4. The van der Waals surface area contributed by atoms with Gasteiger partial charge in [-0.1, -0.05) is 51.0 Å². The molecule has 0 radical (unpaired) electrons. The van der Waals surface area contributed by atoms with Crippen LogP contribution in [0, 0.1) is 0 Å². The SMILES string of the molecule is CCCCN(CCCC)c1ccc(/C=C/c2cc[n+](CCC[N+](C)(C)CCCN)cc2)cc1.Cl.[Cl-].[Cl-]. The van der Waals surface area contributed by atoms with Gasteiger partial charge in [0.25, 0.3) is 0 Å². The number of nitrogens with zero attached hydrogens (tertiary/aromatic N) is 3. The van der Waals surface area contributed by atoms with Gasteiger partial charge in [-0.25, -0.2) is 4.57 Å². The number of unbranched alkanes of at least 4 members (excludes halogenated alkanes) is 2. The molecular formula is C29H49Cl3N4. The van der Waals surface area contributed by atoms with Crippen LogP contribution in [-0.4, -0.2) is 51.3 Å². The highest BCUT2D eigenvalue weighted by atomic mass is 35.5. The number of rotatable bonds is 16. The first-order valence-electron chi connectivity index (χ1n) is 13.0. The number of aryl methyl sites for hydroxylation is 1. The average Bonchev–Trinajstić information content (AvgIpc) is 2.83. The van der Waals surface area contributed by atoms with Crippen LogP contribution in [0.5, 0.6) is 0 Å². The molecule has 206 valence electrons. The molecule has 0 aliphatic heterocycles. The minimum absolute atomic E-state index is 0. The molecule has 2 rings (SSSR count). The number of hydrogen-bond donors (Lipinski definition) is 1. The van der Waals surface area contributed by atoms with Gasteiger partial charge < -0.3 is 39.9 Å². The third-order valence-corrected chi connectivity index (χ3v) is 6.35. The third-order valence-electron chi connectivity index (χ3n) is 6.35. The fraction of sp³-hybridized carbons (Fsp3) is 0.552. The van der Waals surface area contributed by atoms with Crippen molar-refractivity contribution in [3.63, 3.8) is 0 Å². The second-order valence-corrected chi connectivity index (χ2v) is 9.87. The van der Waals surface area contributed by atoms with E-state index in [1.807, 2.05) is 0 Å². The lowest BCUT2D eigenvalue weighted by Crippen LogP contribution is -3.00. The first-order valence-corrected chi connectivity index (χ1v) is 13.0. The average molecular weight is 560 g/mol. The van der Waals surface area contributed by atoms with Crippen LogP contribution in [0.15, 0.2) is 48.8 Å². The van der Waals surface area contributed by atoms with Gasteiger partial charge in [0, 0.05) is 37.3 Å². The number of benzene rings is 1. The zero-order valence-electron chi connectivity index (χ0n) is 22.8. The molecule has 1 heterocycles. The number of hydrogen-bond acceptors (Lipinski definition) is 2. The molecule has 0 spiro atoms. The van der Waals surface area contributed by atoms with E-state index >= 15 is 0 Å². The van der Waals surface area contributed by atoms with Crippen LogP contribution in [0.3, 0.4) is 0 Å². The molecule has 0 atom stereocenters. The molecule has 0 aliphatic carbocycles. The highest BCUT2D eigenvalue weighted by Gasteiger charge is 2.14. The van der Waals surface area contributed by atoms with Crippen molar-refractivity contribution in [1.82, 2.24) is 0 Å². The van der Waals surface area contributed by atoms with Crippen molar-refractivity contribution in [2.75, 3.05) is 51.7 Å². The summed E-state index contributed by atoms with van der Waals surface area (Å²) >= 11 is 0. The number of halogens is 3. The second-order valence-electron chi connectivity index (χ2n) is 9.87. The van der Waals surface area contributed by atoms with Crippen molar-refractivity contribution in [2.24, 2.45) is 5.73 Å². The highest BCUT2D eigenvalue weighted by Crippen LogP contribution is 2.18. The predicted molar refractivity (Wildman–Crippen MR) is 151 cm³/mol. The van der Waals surface area contributed by atoms with Gasteiger partial charge in [-0.2, -0.15) is 0 Å². The lowest BCUT2D eigenvalue weighted by Gasteiger charge is -2.29. The number of aromatic nitrogens is 1. The summed E-state index contributed by atoms with van der Waals surface area (Å²) in [5, 5.41) is 0. The Labute approximate surface area is 239 Å². The Morgan fingerprint density at radius 3 is 1.78 bits per heavy atom. The Balaban J connectivity index is 0. The van der Waals surface area contributed by atoms with Crippen LogP contribution < -0.4 is 40.0 Å². The molecule has 0 fully saturated rings. The molecule has 2 N–H and O–H groups in total. The molecule has 2 aromatic rings. The molecule has 0 saturated carbocycles. The van der Waals surface area contributed by atoms with Gasteiger partial charge in [-0.3, -0.25) is 0 Å². The summed E-state index contributed by atoms with van der Waals surface area (Å²) in [6.07, 6.45) is 16.1. The van der Waals surface area contributed by atoms with Gasteiger partial charge in [-0.15, -0.1) is 12.4 Å². The van der Waals surface area contributed by atoms with Crippen molar-refractivity contribution in [1.29, 1.82) is 0 Å². The van der Waals surface area contributed by atoms with E-state index in [0.29, 0.717) is 0 Å². The van der Waals surface area contributed by atoms with Crippen molar-refractivity contribution < 1.29 is 33.9 Å². The van der Waals surface area contributed by atoms with Crippen molar-refractivity contribution in [2.45, 2.75) is 58.9 Å². The van der Waals surface area contributed by atoms with E-state index in [0.717, 1.165) is 43.6 Å². The van der Waals surface area contributed by atoms with Gasteiger partial charge >= 0.3 is 0 Å². The van der Waals surface area contributed by atoms with E-state index < -0.39 is 0 Å². The van der Waals surface area contributed by atoms with Gasteiger partial charge in [0.05, 0.1) is 33.6 Å². The molecular weight excluding hydrogens is 511 g/mol. The maximum Gasteiger partial charge on any atom is 0.169 e. The van der Waals surface area contributed by atoms with E-state index in [-0.39, 0.29) is 37.2 Å². The largest absolute Gasteiger partial charge is 1.00 e. The Kier molecular flexibility index (Phi) is 21.2. The molecule has 4 nitrogen and oxygen atoms in total. The van der Waals surface area contributed by atoms with Crippen LogP contribution in [0.25, 0.3) is 12.2 Å². The molecule has 0 unspecified atom stereocenters. The van der Waals surface area contributed by atoms with Crippen LogP contribution in [0.1, 0.15) is 63.5 Å². The van der Waals surface area contributed by atoms with Crippen molar-refractivity contribution in [3.05, 3.63) is 59.9 Å². The molecule has 0 amide bonds. The van der Waals surface area contributed by atoms with Crippen molar-refractivity contribution in [3.8, 4) is 0 Å². The van der Waals surface area contributed by atoms with Crippen LogP contribution in [0.2, 0.25) is 0 Å². The number of pyridine rings is 1. The quantitative estimate of drug-likeness (QED) is 0.228. The highest BCUT2D eigenvalue weighted by molar-refractivity contribution is 5.85. The topological polar surface area (TPSA) is 33.1 Å². The number of nitrogens with two attached hydrogens (primary N) is 1. The fourth-order valence-electron chi connectivity index (χ4n) is 4.10. The summed E-state index contributed by atoms with van der Waals surface area (Å²) in [7, 11) is 4.60. The zero-order chi connectivity index (χ0) is 23.9. The predicted octanol–water partition coefficient (Wildman–Crippen LogP) is -0.204. The second kappa shape index (κ2) is 20.7. The molecule has 36 heavy (non-hydrogen) atoms. The lowest BCUT2D eigenvalue weighted by molar-refractivity contribution is -0.893. The van der Waals surface area contributed by atoms with Crippen LogP contribution in [-0.2, 0) is 6.54 Å². The summed E-state index contributed by atoms with van der Waals surface area (Å²) in [6.45, 7) is 11.0. The monoisotopic (exact) mass is 558 g/mol. The van der Waals surface area contributed by atoms with E-state index in [1.165, 1.54) is 55.5 Å². The van der Waals surface area contributed by atoms with E-state index in [9.17, 15) is 0 Å². The number of quaternary nitrogens is 1. The first kappa shape index (κ1) is 36.9. The fourth-order valence-corrected chi connectivity index (χ4v) is 4.10. The standard InChI is InChI=1S/C29H48N4.3ClH/c1-5-7-21-32(22-8-6-2)29-15-13-27(14-16-29)11-12-28-17-23-31(24-18-28)20-10-26-33(3,4)25-9-19-30;;;/h11-18,23-24H,5-10,19-22,25-26,30H2,1-4H3;3*1H/q+2;;;/p-2. The molecule has 0 saturated heterocycles. The maximum absolute atomic E-state index is 5.66. The zero-order valence-corrected chi connectivity index (χ0v) is 25.2. The Morgan fingerprint density at radius 2 is 1.28 bits per heavy atom. The maximum atomic E-state index is 5.66. The molecule has 1 aromatic heterocycles. The summed E-state index contributed by atoms with van der Waals surface area (Å²) in [5.41, 5.74) is 9.49. The Bertz CT molecular complexity index is 800. The van der Waals surface area contributed by atoms with Gasteiger partial charge in [-0.05, 0) is 42.6 Å². The summed E-state index contributed by atoms with van der Waals surface area (Å²) in [6, 6.07) is 13.4. The summed E-state index contributed by atoms with van der Waals surface area (Å²) in [4.78, 5) is 2.54. The molecule has 0 aliphatic rings. The van der Waals surface area contributed by atoms with Gasteiger partial charge in [0.1, 0.15) is 0 Å². The van der Waals surface area contributed by atoms with E-state index in [4.69, 9.17) is 5.73 Å². The van der Waals surface area contributed by atoms with Gasteiger partial charge in [0.15, 0.2) is 18.9 Å². The normalized spacial score (nSPS) is 10.9. The van der Waals surface area contributed by atoms with E-state index in [2.05, 4.69) is 98.4 Å².